The Hall–Kier alpha value is -1.48. The molecule has 1 aromatic rings. The van der Waals surface area contributed by atoms with Crippen molar-refractivity contribution in [3.63, 3.8) is 0 Å². The molecule has 1 unspecified atom stereocenters. The molecule has 2 heterocycles. The molecule has 2 fully saturated rings. The van der Waals surface area contributed by atoms with Gasteiger partial charge in [0, 0.05) is 18.2 Å². The van der Waals surface area contributed by atoms with E-state index in [0.717, 1.165) is 25.9 Å². The molecule has 0 radical (unpaired) electrons. The van der Waals surface area contributed by atoms with Gasteiger partial charge in [-0.05, 0) is 37.6 Å². The van der Waals surface area contributed by atoms with Crippen LogP contribution >= 0.6 is 11.6 Å². The Labute approximate surface area is 155 Å². The molecule has 2 saturated heterocycles. The number of likely N-dealkylation sites (tertiary alicyclic amines) is 1. The number of carbonyl (C=O) groups excluding carboxylic acids is 1. The maximum absolute atomic E-state index is 12.3. The highest BCUT2D eigenvalue weighted by Crippen LogP contribution is 2.29. The number of ether oxygens (including phenoxy) is 3. The van der Waals surface area contributed by atoms with Gasteiger partial charge in [-0.15, -0.1) is 0 Å². The van der Waals surface area contributed by atoms with Crippen molar-refractivity contribution in [2.75, 3.05) is 38.2 Å². The molecule has 0 aromatic heterocycles. The number of alkyl halides is 2. The van der Waals surface area contributed by atoms with Crippen molar-refractivity contribution in [3.05, 3.63) is 23.2 Å². The number of anilines is 1. The maximum atomic E-state index is 12.3. The zero-order chi connectivity index (χ0) is 18.5. The molecule has 0 saturated carbocycles. The second-order valence-electron chi connectivity index (χ2n) is 6.32. The number of halogens is 3. The molecule has 1 aromatic carbocycles. The number of nitrogens with zero attached hydrogens (tertiary/aromatic N) is 1. The summed E-state index contributed by atoms with van der Waals surface area (Å²) in [7, 11) is 0. The average molecular weight is 391 g/mol. The lowest BCUT2D eigenvalue weighted by Crippen LogP contribution is -2.44. The molecule has 3 rings (SSSR count). The summed E-state index contributed by atoms with van der Waals surface area (Å²) < 4.78 is 39.9. The van der Waals surface area contributed by atoms with Gasteiger partial charge in [0.15, 0.2) is 6.29 Å². The monoisotopic (exact) mass is 390 g/mol. The lowest BCUT2D eigenvalue weighted by atomic mass is 9.97. The minimum absolute atomic E-state index is 0.0108. The minimum atomic E-state index is -2.95. The highest BCUT2D eigenvalue weighted by molar-refractivity contribution is 6.32. The number of hydrogen-bond acceptors (Lipinski definition) is 5. The van der Waals surface area contributed by atoms with Crippen molar-refractivity contribution >= 4 is 23.2 Å². The van der Waals surface area contributed by atoms with E-state index in [2.05, 4.69) is 15.0 Å². The molecule has 9 heteroatoms. The van der Waals surface area contributed by atoms with E-state index in [1.165, 1.54) is 18.2 Å². The van der Waals surface area contributed by atoms with Gasteiger partial charge in [0.05, 0.1) is 24.8 Å². The van der Waals surface area contributed by atoms with Gasteiger partial charge in [-0.1, -0.05) is 11.6 Å². The highest BCUT2D eigenvalue weighted by Gasteiger charge is 2.31. The third kappa shape index (κ3) is 5.26. The molecule has 144 valence electrons. The normalized spacial score (nSPS) is 21.9. The third-order valence-corrected chi connectivity index (χ3v) is 4.67. The van der Waals surface area contributed by atoms with Crippen LogP contribution in [-0.2, 0) is 14.3 Å². The van der Waals surface area contributed by atoms with E-state index in [-0.39, 0.29) is 35.4 Å². The fraction of sp³-hybridized carbons (Fsp3) is 0.588. The third-order valence-electron chi connectivity index (χ3n) is 4.37. The Morgan fingerprint density at radius 1 is 1.38 bits per heavy atom. The fourth-order valence-corrected chi connectivity index (χ4v) is 3.50. The van der Waals surface area contributed by atoms with Crippen molar-refractivity contribution in [1.82, 2.24) is 4.90 Å². The summed E-state index contributed by atoms with van der Waals surface area (Å²) in [4.78, 5) is 14.3. The van der Waals surface area contributed by atoms with Gasteiger partial charge in [0.25, 0.3) is 0 Å². The van der Waals surface area contributed by atoms with Gasteiger partial charge in [0.1, 0.15) is 5.75 Å². The molecule has 1 amide bonds. The number of benzene rings is 1. The zero-order valence-electron chi connectivity index (χ0n) is 14.1. The van der Waals surface area contributed by atoms with E-state index in [4.69, 9.17) is 21.1 Å². The summed E-state index contributed by atoms with van der Waals surface area (Å²) in [6.45, 7) is 0.0867. The van der Waals surface area contributed by atoms with Crippen LogP contribution in [0.2, 0.25) is 5.02 Å². The zero-order valence-corrected chi connectivity index (χ0v) is 14.9. The first-order valence-electron chi connectivity index (χ1n) is 8.51. The summed E-state index contributed by atoms with van der Waals surface area (Å²) >= 11 is 5.89. The molecule has 26 heavy (non-hydrogen) atoms. The van der Waals surface area contributed by atoms with E-state index in [9.17, 15) is 13.6 Å². The number of nitrogens with one attached hydrogen (secondary N) is 1. The minimum Gasteiger partial charge on any atom is -0.433 e. The van der Waals surface area contributed by atoms with Gasteiger partial charge in [0.2, 0.25) is 5.91 Å². The van der Waals surface area contributed by atoms with Crippen LogP contribution in [0, 0.1) is 5.92 Å². The molecule has 0 bridgehead atoms. The Balaban J connectivity index is 1.51. The van der Waals surface area contributed by atoms with Gasteiger partial charge in [-0.25, -0.2) is 0 Å². The van der Waals surface area contributed by atoms with Gasteiger partial charge in [-0.2, -0.15) is 8.78 Å². The summed E-state index contributed by atoms with van der Waals surface area (Å²) in [6, 6.07) is 4.16. The van der Waals surface area contributed by atoms with E-state index in [0.29, 0.717) is 18.9 Å². The number of piperidine rings is 1. The smallest absolute Gasteiger partial charge is 0.387 e. The van der Waals surface area contributed by atoms with Crippen molar-refractivity contribution in [1.29, 1.82) is 0 Å². The van der Waals surface area contributed by atoms with Crippen LogP contribution in [0.1, 0.15) is 12.8 Å². The number of hydrogen-bond donors (Lipinski definition) is 1. The topological polar surface area (TPSA) is 60.0 Å². The van der Waals surface area contributed by atoms with Crippen LogP contribution in [0.25, 0.3) is 0 Å². The fourth-order valence-electron chi connectivity index (χ4n) is 3.28. The van der Waals surface area contributed by atoms with Crippen molar-refractivity contribution in [2.45, 2.75) is 25.7 Å². The van der Waals surface area contributed by atoms with Crippen molar-refractivity contribution in [3.8, 4) is 5.75 Å². The van der Waals surface area contributed by atoms with Crippen molar-refractivity contribution < 1.29 is 27.8 Å². The summed E-state index contributed by atoms with van der Waals surface area (Å²) in [5.74, 6) is -0.0631. The molecule has 6 nitrogen and oxygen atoms in total. The molecule has 1 atom stereocenters. The first kappa shape index (κ1) is 19.3. The summed E-state index contributed by atoms with van der Waals surface area (Å²) in [5, 5.41) is 2.74. The van der Waals surface area contributed by atoms with Crippen LogP contribution in [0.3, 0.4) is 0 Å². The number of carbonyl (C=O) groups is 1. The van der Waals surface area contributed by atoms with Gasteiger partial charge >= 0.3 is 6.61 Å². The number of rotatable bonds is 6. The van der Waals surface area contributed by atoms with E-state index in [1.54, 1.807) is 0 Å². The Bertz CT molecular complexity index is 629. The summed E-state index contributed by atoms with van der Waals surface area (Å²) in [5.41, 5.74) is 0.428. The Kier molecular flexibility index (Phi) is 6.63. The molecule has 0 spiro atoms. The first-order chi connectivity index (χ1) is 12.5. The van der Waals surface area contributed by atoms with E-state index in [1.807, 2.05) is 0 Å². The maximum Gasteiger partial charge on any atom is 0.387 e. The molecular weight excluding hydrogens is 370 g/mol. The highest BCUT2D eigenvalue weighted by atomic mass is 35.5. The predicted molar refractivity (Wildman–Crippen MR) is 91.6 cm³/mol. The molecule has 0 aliphatic carbocycles. The van der Waals surface area contributed by atoms with Crippen LogP contribution < -0.4 is 10.1 Å². The lowest BCUT2D eigenvalue weighted by molar-refractivity contribution is -0.121. The van der Waals surface area contributed by atoms with Crippen LogP contribution in [0.15, 0.2) is 18.2 Å². The largest absolute Gasteiger partial charge is 0.433 e. The van der Waals surface area contributed by atoms with Crippen LogP contribution in [0.5, 0.6) is 5.75 Å². The quantitative estimate of drug-likeness (QED) is 0.809. The first-order valence-corrected chi connectivity index (χ1v) is 8.89. The standard InChI is InChI=1S/C17H21ClF2N2O4/c18-13-8-12(3-4-14(13)26-17(19)20)21-15(23)10-22-5-1-2-11(9-22)16-24-6-7-25-16/h3-4,8,11,16-17H,1-2,5-7,9-10H2,(H,21,23). The second-order valence-corrected chi connectivity index (χ2v) is 6.73. The van der Waals surface area contributed by atoms with Gasteiger partial charge < -0.3 is 19.5 Å². The van der Waals surface area contributed by atoms with Crippen molar-refractivity contribution in [2.24, 2.45) is 5.92 Å². The molecule has 2 aliphatic rings. The lowest BCUT2D eigenvalue weighted by Gasteiger charge is -2.34. The number of amides is 1. The van der Waals surface area contributed by atoms with Crippen LogP contribution in [0.4, 0.5) is 14.5 Å². The summed E-state index contributed by atoms with van der Waals surface area (Å²) in [6.07, 6.45) is 1.82. The predicted octanol–water partition coefficient (Wildman–Crippen LogP) is 2.96. The second kappa shape index (κ2) is 8.94. The van der Waals surface area contributed by atoms with E-state index >= 15 is 0 Å². The molecule has 1 N–H and O–H groups in total. The SMILES string of the molecule is O=C(CN1CCCC(C2OCCO2)C1)Nc1ccc(OC(F)F)c(Cl)c1. The van der Waals surface area contributed by atoms with Gasteiger partial charge in [-0.3, -0.25) is 9.69 Å². The Morgan fingerprint density at radius 2 is 2.15 bits per heavy atom. The molecule has 2 aliphatic heterocycles. The Morgan fingerprint density at radius 3 is 2.85 bits per heavy atom. The average Bonchev–Trinajstić information content (AvgIpc) is 3.12. The molecular formula is C17H21ClF2N2O4. The van der Waals surface area contributed by atoms with Crippen LogP contribution in [-0.4, -0.2) is 56.6 Å². The van der Waals surface area contributed by atoms with E-state index < -0.39 is 6.61 Å².